The van der Waals surface area contributed by atoms with Crippen LogP contribution in [-0.2, 0) is 11.2 Å². The fraction of sp³-hybridized carbons (Fsp3) is 0.588. The normalized spacial score (nSPS) is 13.0. The maximum atomic E-state index is 12.4. The van der Waals surface area contributed by atoms with E-state index in [1.807, 2.05) is 32.0 Å². The van der Waals surface area contributed by atoms with Crippen molar-refractivity contribution in [1.29, 1.82) is 0 Å². The summed E-state index contributed by atoms with van der Waals surface area (Å²) in [5, 5.41) is 3.10. The largest absolute Gasteiger partial charge is 0.352 e. The van der Waals surface area contributed by atoms with Gasteiger partial charge in [0, 0.05) is 18.0 Å². The Kier molecular flexibility index (Phi) is 6.73. The molecule has 1 aromatic carbocycles. The van der Waals surface area contributed by atoms with E-state index < -0.39 is 5.41 Å². The van der Waals surface area contributed by atoms with Gasteiger partial charge in [0.25, 0.3) is 0 Å². The van der Waals surface area contributed by atoms with Gasteiger partial charge in [0.05, 0.1) is 0 Å². The van der Waals surface area contributed by atoms with Crippen LogP contribution in [0.3, 0.4) is 0 Å². The van der Waals surface area contributed by atoms with Gasteiger partial charge in [-0.25, -0.2) is 0 Å². The zero-order chi connectivity index (χ0) is 15.0. The van der Waals surface area contributed by atoms with Crippen molar-refractivity contribution in [3.8, 4) is 0 Å². The number of benzene rings is 1. The molecular formula is C17H28N2O. The highest BCUT2D eigenvalue weighted by molar-refractivity contribution is 5.82. The van der Waals surface area contributed by atoms with Crippen molar-refractivity contribution in [3.05, 3.63) is 35.9 Å². The average molecular weight is 276 g/mol. The highest BCUT2D eigenvalue weighted by atomic mass is 16.2. The Hall–Kier alpha value is -1.35. The standard InChI is InChI=1S/C17H28N2O/c1-4-5-11-15(13-18)19-16(20)17(2,3)12-14-9-7-6-8-10-14/h6-10,15H,4-5,11-13,18H2,1-3H3,(H,19,20). The number of nitrogens with two attached hydrogens (primary N) is 1. The minimum absolute atomic E-state index is 0.0907. The Morgan fingerprint density at radius 2 is 1.95 bits per heavy atom. The number of hydrogen-bond acceptors (Lipinski definition) is 2. The van der Waals surface area contributed by atoms with E-state index in [2.05, 4.69) is 24.4 Å². The molecule has 0 aromatic heterocycles. The number of nitrogens with one attached hydrogen (secondary N) is 1. The quantitative estimate of drug-likeness (QED) is 0.767. The van der Waals surface area contributed by atoms with Gasteiger partial charge in [-0.05, 0) is 18.4 Å². The summed E-state index contributed by atoms with van der Waals surface area (Å²) < 4.78 is 0. The van der Waals surface area contributed by atoms with Gasteiger partial charge in [0.1, 0.15) is 0 Å². The van der Waals surface area contributed by atoms with Crippen LogP contribution in [0.5, 0.6) is 0 Å². The van der Waals surface area contributed by atoms with E-state index in [0.29, 0.717) is 6.54 Å². The van der Waals surface area contributed by atoms with Crippen molar-refractivity contribution < 1.29 is 4.79 Å². The molecule has 0 spiro atoms. The lowest BCUT2D eigenvalue weighted by atomic mass is 9.84. The van der Waals surface area contributed by atoms with Crippen LogP contribution in [0, 0.1) is 5.41 Å². The molecule has 3 heteroatoms. The molecule has 0 saturated heterocycles. The van der Waals surface area contributed by atoms with Crippen LogP contribution in [0.1, 0.15) is 45.6 Å². The summed E-state index contributed by atoms with van der Waals surface area (Å²) in [6.07, 6.45) is 3.92. The van der Waals surface area contributed by atoms with Crippen molar-refractivity contribution >= 4 is 5.91 Å². The molecule has 0 aliphatic rings. The van der Waals surface area contributed by atoms with Crippen LogP contribution >= 0.6 is 0 Å². The van der Waals surface area contributed by atoms with E-state index in [0.717, 1.165) is 25.7 Å². The van der Waals surface area contributed by atoms with Crippen LogP contribution in [0.2, 0.25) is 0 Å². The molecule has 0 aliphatic heterocycles. The van der Waals surface area contributed by atoms with Gasteiger partial charge in [-0.3, -0.25) is 4.79 Å². The molecule has 0 saturated carbocycles. The van der Waals surface area contributed by atoms with E-state index >= 15 is 0 Å². The topological polar surface area (TPSA) is 55.1 Å². The van der Waals surface area contributed by atoms with Gasteiger partial charge >= 0.3 is 0 Å². The average Bonchev–Trinajstić information content (AvgIpc) is 2.43. The SMILES string of the molecule is CCCCC(CN)NC(=O)C(C)(C)Cc1ccccc1. The third-order valence-electron chi connectivity index (χ3n) is 3.63. The number of rotatable bonds is 8. The van der Waals surface area contributed by atoms with Gasteiger partial charge in [0.15, 0.2) is 0 Å². The molecule has 1 unspecified atom stereocenters. The molecular weight excluding hydrogens is 248 g/mol. The number of carbonyl (C=O) groups excluding carboxylic acids is 1. The highest BCUT2D eigenvalue weighted by Gasteiger charge is 2.29. The van der Waals surface area contributed by atoms with Gasteiger partial charge in [-0.1, -0.05) is 63.9 Å². The maximum Gasteiger partial charge on any atom is 0.226 e. The number of carbonyl (C=O) groups is 1. The van der Waals surface area contributed by atoms with E-state index in [-0.39, 0.29) is 11.9 Å². The molecule has 3 N–H and O–H groups in total. The summed E-state index contributed by atoms with van der Waals surface area (Å²) in [5.41, 5.74) is 6.51. The zero-order valence-electron chi connectivity index (χ0n) is 13.0. The molecule has 20 heavy (non-hydrogen) atoms. The molecule has 3 nitrogen and oxygen atoms in total. The first-order valence-corrected chi connectivity index (χ1v) is 7.54. The fourth-order valence-corrected chi connectivity index (χ4v) is 2.27. The smallest absolute Gasteiger partial charge is 0.226 e. The van der Waals surface area contributed by atoms with Crippen molar-refractivity contribution in [2.75, 3.05) is 6.54 Å². The third-order valence-corrected chi connectivity index (χ3v) is 3.63. The Morgan fingerprint density at radius 3 is 2.50 bits per heavy atom. The molecule has 1 atom stereocenters. The highest BCUT2D eigenvalue weighted by Crippen LogP contribution is 2.22. The van der Waals surface area contributed by atoms with E-state index in [1.54, 1.807) is 0 Å². The third kappa shape index (κ3) is 5.33. The summed E-state index contributed by atoms with van der Waals surface area (Å²) in [5.74, 6) is 0.0907. The zero-order valence-corrected chi connectivity index (χ0v) is 13.0. The first-order chi connectivity index (χ1) is 9.49. The molecule has 0 fully saturated rings. The van der Waals surface area contributed by atoms with Crippen LogP contribution in [0.15, 0.2) is 30.3 Å². The van der Waals surface area contributed by atoms with Gasteiger partial charge in [0.2, 0.25) is 5.91 Å². The summed E-state index contributed by atoms with van der Waals surface area (Å²) in [6, 6.07) is 10.2. The number of amides is 1. The fourth-order valence-electron chi connectivity index (χ4n) is 2.27. The second-order valence-electron chi connectivity index (χ2n) is 6.09. The lowest BCUT2D eigenvalue weighted by Crippen LogP contribution is -2.46. The van der Waals surface area contributed by atoms with E-state index in [4.69, 9.17) is 5.73 Å². The van der Waals surface area contributed by atoms with Gasteiger partial charge in [-0.2, -0.15) is 0 Å². The molecule has 0 radical (unpaired) electrons. The Balaban J connectivity index is 2.59. The molecule has 0 heterocycles. The van der Waals surface area contributed by atoms with Crippen LogP contribution in [0.25, 0.3) is 0 Å². The van der Waals surface area contributed by atoms with Crippen molar-refractivity contribution in [1.82, 2.24) is 5.32 Å². The summed E-state index contributed by atoms with van der Waals surface area (Å²) >= 11 is 0. The minimum Gasteiger partial charge on any atom is -0.352 e. The van der Waals surface area contributed by atoms with E-state index in [1.165, 1.54) is 5.56 Å². The van der Waals surface area contributed by atoms with Gasteiger partial charge in [-0.15, -0.1) is 0 Å². The lowest BCUT2D eigenvalue weighted by molar-refractivity contribution is -0.130. The molecule has 1 aromatic rings. The monoisotopic (exact) mass is 276 g/mol. The maximum absolute atomic E-state index is 12.4. The van der Waals surface area contributed by atoms with Crippen molar-refractivity contribution in [2.24, 2.45) is 11.1 Å². The Morgan fingerprint density at radius 1 is 1.30 bits per heavy atom. The molecule has 0 aliphatic carbocycles. The Bertz CT molecular complexity index is 401. The second kappa shape index (κ2) is 8.05. The minimum atomic E-state index is -0.416. The first kappa shape index (κ1) is 16.7. The molecule has 112 valence electrons. The molecule has 1 amide bonds. The van der Waals surface area contributed by atoms with Gasteiger partial charge < -0.3 is 11.1 Å². The van der Waals surface area contributed by atoms with Crippen LogP contribution in [-0.4, -0.2) is 18.5 Å². The molecule has 0 bridgehead atoms. The van der Waals surface area contributed by atoms with Crippen LogP contribution < -0.4 is 11.1 Å². The lowest BCUT2D eigenvalue weighted by Gasteiger charge is -2.27. The summed E-state index contributed by atoms with van der Waals surface area (Å²) in [6.45, 7) is 6.63. The molecule has 1 rings (SSSR count). The predicted octanol–water partition coefficient (Wildman–Crippen LogP) is 2.89. The predicted molar refractivity (Wildman–Crippen MR) is 84.4 cm³/mol. The first-order valence-electron chi connectivity index (χ1n) is 7.54. The second-order valence-corrected chi connectivity index (χ2v) is 6.09. The summed E-state index contributed by atoms with van der Waals surface area (Å²) in [4.78, 5) is 12.4. The van der Waals surface area contributed by atoms with Crippen molar-refractivity contribution in [2.45, 2.75) is 52.5 Å². The summed E-state index contributed by atoms with van der Waals surface area (Å²) in [7, 11) is 0. The van der Waals surface area contributed by atoms with Crippen molar-refractivity contribution in [3.63, 3.8) is 0 Å². The number of hydrogen-bond donors (Lipinski definition) is 2. The van der Waals surface area contributed by atoms with E-state index in [9.17, 15) is 4.79 Å². The number of unbranched alkanes of at least 4 members (excludes halogenated alkanes) is 1. The van der Waals surface area contributed by atoms with Crippen LogP contribution in [0.4, 0.5) is 0 Å². The Labute approximate surface area is 122 Å².